The average Bonchev–Trinajstić information content (AvgIpc) is 2.84. The molecule has 6 heteroatoms. The van der Waals surface area contributed by atoms with Crippen molar-refractivity contribution in [1.29, 1.82) is 0 Å². The highest BCUT2D eigenvalue weighted by molar-refractivity contribution is 5.05. The van der Waals surface area contributed by atoms with E-state index in [9.17, 15) is 9.59 Å². The van der Waals surface area contributed by atoms with Crippen LogP contribution in [0.4, 0.5) is 0 Å². The molecule has 1 saturated heterocycles. The van der Waals surface area contributed by atoms with Crippen LogP contribution in [0.15, 0.2) is 15.8 Å². The number of nitrogens with one attached hydrogen (secondary N) is 1. The lowest BCUT2D eigenvalue weighted by Crippen LogP contribution is -2.36. The van der Waals surface area contributed by atoms with Crippen molar-refractivity contribution in [1.82, 2.24) is 19.4 Å². The second kappa shape index (κ2) is 5.71. The van der Waals surface area contributed by atoms with Crippen LogP contribution in [0.2, 0.25) is 0 Å². The molecule has 0 radical (unpaired) electrons. The van der Waals surface area contributed by atoms with Gasteiger partial charge in [-0.05, 0) is 33.5 Å². The van der Waals surface area contributed by atoms with Gasteiger partial charge < -0.3 is 14.8 Å². The minimum Gasteiger partial charge on any atom is -0.314 e. The molecule has 0 saturated carbocycles. The van der Waals surface area contributed by atoms with Crippen LogP contribution >= 0.6 is 0 Å². The average molecular weight is 266 g/mol. The minimum atomic E-state index is -0.359. The molecule has 1 N–H and O–H groups in total. The number of nitrogens with zero attached hydrogens (tertiary/aromatic N) is 3. The molecular weight excluding hydrogens is 244 g/mol. The van der Waals surface area contributed by atoms with Gasteiger partial charge >= 0.3 is 5.69 Å². The fraction of sp³-hybridized carbons (Fsp3) is 0.692. The number of aromatic nitrogens is 2. The van der Waals surface area contributed by atoms with E-state index < -0.39 is 0 Å². The van der Waals surface area contributed by atoms with E-state index in [1.807, 2.05) is 0 Å². The molecule has 0 aliphatic carbocycles. The van der Waals surface area contributed by atoms with E-state index in [0.29, 0.717) is 18.0 Å². The van der Waals surface area contributed by atoms with Gasteiger partial charge in [-0.1, -0.05) is 0 Å². The molecule has 2 heterocycles. The summed E-state index contributed by atoms with van der Waals surface area (Å²) in [6.07, 6.45) is 3.41. The topological polar surface area (TPSA) is 61.3 Å². The van der Waals surface area contributed by atoms with Crippen LogP contribution in [0.25, 0.3) is 0 Å². The maximum Gasteiger partial charge on any atom is 0.328 e. The molecule has 0 aromatic carbocycles. The predicted molar refractivity (Wildman–Crippen MR) is 74.5 cm³/mol. The summed E-state index contributed by atoms with van der Waals surface area (Å²) in [5.41, 5.74) is 0.130. The SMILES string of the molecule is CN(C)[C@H]1CCN(CCc2c[nH]c(=O)n(C)c2=O)C1. The van der Waals surface area contributed by atoms with Crippen LogP contribution < -0.4 is 11.2 Å². The molecule has 6 nitrogen and oxygen atoms in total. The normalized spacial score (nSPS) is 20.3. The highest BCUT2D eigenvalue weighted by Gasteiger charge is 2.23. The number of hydrogen-bond acceptors (Lipinski definition) is 4. The lowest BCUT2D eigenvalue weighted by atomic mass is 10.2. The number of hydrogen-bond donors (Lipinski definition) is 1. The van der Waals surface area contributed by atoms with Crippen molar-refractivity contribution in [2.45, 2.75) is 18.9 Å². The second-order valence-corrected chi connectivity index (χ2v) is 5.44. The van der Waals surface area contributed by atoms with E-state index in [4.69, 9.17) is 0 Å². The fourth-order valence-electron chi connectivity index (χ4n) is 2.51. The van der Waals surface area contributed by atoms with E-state index in [1.54, 1.807) is 6.20 Å². The Balaban J connectivity index is 1.96. The van der Waals surface area contributed by atoms with E-state index in [0.717, 1.165) is 24.2 Å². The maximum absolute atomic E-state index is 11.9. The lowest BCUT2D eigenvalue weighted by molar-refractivity contribution is 0.270. The summed E-state index contributed by atoms with van der Waals surface area (Å²) in [4.78, 5) is 30.4. The standard InChI is InChI=1S/C13H22N4O2/c1-15(2)11-5-7-17(9-11)6-4-10-8-14-13(19)16(3)12(10)18/h8,11H,4-7,9H2,1-3H3,(H,14,19)/t11-/m0/s1. The van der Waals surface area contributed by atoms with Gasteiger partial charge in [0.25, 0.3) is 5.56 Å². The van der Waals surface area contributed by atoms with Crippen LogP contribution in [0.3, 0.4) is 0 Å². The van der Waals surface area contributed by atoms with Crippen LogP contribution in [-0.4, -0.2) is 59.1 Å². The van der Waals surface area contributed by atoms with Gasteiger partial charge in [-0.25, -0.2) is 4.79 Å². The zero-order chi connectivity index (χ0) is 14.0. The lowest BCUT2D eigenvalue weighted by Gasteiger charge is -2.20. The Kier molecular flexibility index (Phi) is 4.21. The fourth-order valence-corrected chi connectivity index (χ4v) is 2.51. The van der Waals surface area contributed by atoms with Crippen molar-refractivity contribution >= 4 is 0 Å². The third-order valence-electron chi connectivity index (χ3n) is 3.93. The largest absolute Gasteiger partial charge is 0.328 e. The summed E-state index contributed by atoms with van der Waals surface area (Å²) < 4.78 is 1.13. The molecule has 1 atom stereocenters. The van der Waals surface area contributed by atoms with Gasteiger partial charge in [-0.2, -0.15) is 0 Å². The van der Waals surface area contributed by atoms with Crippen molar-refractivity contribution in [2.75, 3.05) is 33.7 Å². The van der Waals surface area contributed by atoms with Gasteiger partial charge in [0.1, 0.15) is 0 Å². The van der Waals surface area contributed by atoms with Gasteiger partial charge in [0, 0.05) is 37.9 Å². The Labute approximate surface area is 112 Å². The van der Waals surface area contributed by atoms with Crippen LogP contribution in [0.1, 0.15) is 12.0 Å². The molecule has 0 spiro atoms. The second-order valence-electron chi connectivity index (χ2n) is 5.44. The minimum absolute atomic E-state index is 0.188. The summed E-state index contributed by atoms with van der Waals surface area (Å²) in [6.45, 7) is 2.99. The summed E-state index contributed by atoms with van der Waals surface area (Å²) in [5, 5.41) is 0. The molecule has 1 aliphatic heterocycles. The Morgan fingerprint density at radius 3 is 2.79 bits per heavy atom. The summed E-state index contributed by atoms with van der Waals surface area (Å²) in [5.74, 6) is 0. The van der Waals surface area contributed by atoms with Gasteiger partial charge in [-0.3, -0.25) is 9.36 Å². The van der Waals surface area contributed by atoms with Gasteiger partial charge in [0.15, 0.2) is 0 Å². The highest BCUT2D eigenvalue weighted by atomic mass is 16.2. The zero-order valence-corrected chi connectivity index (χ0v) is 11.8. The molecule has 0 bridgehead atoms. The molecule has 0 unspecified atom stereocenters. The van der Waals surface area contributed by atoms with Crippen molar-refractivity contribution in [2.24, 2.45) is 7.05 Å². The Bertz CT molecular complexity index is 546. The van der Waals surface area contributed by atoms with Crippen LogP contribution in [0.5, 0.6) is 0 Å². The summed E-state index contributed by atoms with van der Waals surface area (Å²) in [6, 6.07) is 0.610. The molecule has 1 fully saturated rings. The molecule has 0 amide bonds. The zero-order valence-electron chi connectivity index (χ0n) is 11.8. The number of likely N-dealkylation sites (N-methyl/N-ethyl adjacent to an activating group) is 1. The maximum atomic E-state index is 11.9. The van der Waals surface area contributed by atoms with Gasteiger partial charge in [0.05, 0.1) is 0 Å². The van der Waals surface area contributed by atoms with Gasteiger partial charge in [0.2, 0.25) is 0 Å². The van der Waals surface area contributed by atoms with Crippen molar-refractivity contribution in [3.63, 3.8) is 0 Å². The predicted octanol–water partition coefficient (Wildman–Crippen LogP) is -0.748. The monoisotopic (exact) mass is 266 g/mol. The molecule has 1 aliphatic rings. The van der Waals surface area contributed by atoms with Crippen molar-refractivity contribution < 1.29 is 0 Å². The van der Waals surface area contributed by atoms with Crippen LogP contribution in [-0.2, 0) is 13.5 Å². The molecule has 19 heavy (non-hydrogen) atoms. The number of H-pyrrole nitrogens is 1. The Morgan fingerprint density at radius 1 is 1.42 bits per heavy atom. The molecule has 106 valence electrons. The summed E-state index contributed by atoms with van der Waals surface area (Å²) in [7, 11) is 5.71. The number of rotatable bonds is 4. The van der Waals surface area contributed by atoms with Crippen LogP contribution in [0, 0.1) is 0 Å². The van der Waals surface area contributed by atoms with E-state index >= 15 is 0 Å². The van der Waals surface area contributed by atoms with E-state index in [2.05, 4.69) is 28.9 Å². The first-order chi connectivity index (χ1) is 8.99. The Morgan fingerprint density at radius 2 is 2.16 bits per heavy atom. The van der Waals surface area contributed by atoms with Crippen molar-refractivity contribution in [3.05, 3.63) is 32.6 Å². The number of likely N-dealkylation sites (tertiary alicyclic amines) is 1. The van der Waals surface area contributed by atoms with Crippen molar-refractivity contribution in [3.8, 4) is 0 Å². The first-order valence-corrected chi connectivity index (χ1v) is 6.65. The van der Waals surface area contributed by atoms with E-state index in [-0.39, 0.29) is 11.2 Å². The number of aromatic amines is 1. The van der Waals surface area contributed by atoms with E-state index in [1.165, 1.54) is 13.5 Å². The first kappa shape index (κ1) is 14.0. The summed E-state index contributed by atoms with van der Waals surface area (Å²) >= 11 is 0. The quantitative estimate of drug-likeness (QED) is 0.779. The molecule has 1 aromatic rings. The van der Waals surface area contributed by atoms with Gasteiger partial charge in [-0.15, -0.1) is 0 Å². The molecular formula is C13H22N4O2. The smallest absolute Gasteiger partial charge is 0.314 e. The highest BCUT2D eigenvalue weighted by Crippen LogP contribution is 2.13. The third-order valence-corrected chi connectivity index (χ3v) is 3.93. The first-order valence-electron chi connectivity index (χ1n) is 6.65. The molecule has 2 rings (SSSR count). The molecule has 1 aromatic heterocycles. The Hall–Kier alpha value is -1.40. The third kappa shape index (κ3) is 3.13.